The van der Waals surface area contributed by atoms with Crippen molar-refractivity contribution in [3.05, 3.63) is 60.4 Å². The van der Waals surface area contributed by atoms with E-state index in [1.54, 1.807) is 0 Å². The average molecular weight is 345 g/mol. The SMILES string of the molecule is c1ccc(-c2nn3c(CN4CCOCC4)nnc3c3ccccc23)cc1. The molecule has 0 atom stereocenters. The molecular formula is C20H19N5O. The third-order valence-electron chi connectivity index (χ3n) is 4.84. The van der Waals surface area contributed by atoms with E-state index in [1.807, 2.05) is 34.8 Å². The second kappa shape index (κ2) is 6.48. The predicted molar refractivity (Wildman–Crippen MR) is 99.8 cm³/mol. The molecule has 1 saturated heterocycles. The number of hydrogen-bond donors (Lipinski definition) is 0. The Morgan fingerprint density at radius 2 is 1.58 bits per heavy atom. The lowest BCUT2D eigenvalue weighted by atomic mass is 10.1. The van der Waals surface area contributed by atoms with Crippen LogP contribution in [0.1, 0.15) is 5.82 Å². The number of morpholine rings is 1. The van der Waals surface area contributed by atoms with Crippen molar-refractivity contribution in [2.24, 2.45) is 0 Å². The summed E-state index contributed by atoms with van der Waals surface area (Å²) < 4.78 is 7.34. The number of benzene rings is 2. The zero-order chi connectivity index (χ0) is 17.3. The summed E-state index contributed by atoms with van der Waals surface area (Å²) in [6, 6.07) is 18.5. The molecule has 0 aliphatic carbocycles. The highest BCUT2D eigenvalue weighted by Crippen LogP contribution is 2.28. The summed E-state index contributed by atoms with van der Waals surface area (Å²) in [5.74, 6) is 0.866. The van der Waals surface area contributed by atoms with E-state index in [4.69, 9.17) is 9.84 Å². The Bertz CT molecular complexity index is 1050. The molecule has 1 aliphatic rings. The van der Waals surface area contributed by atoms with E-state index < -0.39 is 0 Å². The van der Waals surface area contributed by atoms with Crippen LogP contribution in [0.2, 0.25) is 0 Å². The van der Waals surface area contributed by atoms with Gasteiger partial charge >= 0.3 is 0 Å². The molecule has 1 aliphatic heterocycles. The Labute approximate surface area is 151 Å². The second-order valence-corrected chi connectivity index (χ2v) is 6.50. The van der Waals surface area contributed by atoms with Gasteiger partial charge in [0.1, 0.15) is 0 Å². The van der Waals surface area contributed by atoms with Gasteiger partial charge in [-0.3, -0.25) is 4.90 Å². The molecular weight excluding hydrogens is 326 g/mol. The fraction of sp³-hybridized carbons (Fsp3) is 0.250. The molecule has 4 aromatic rings. The minimum absolute atomic E-state index is 0.726. The van der Waals surface area contributed by atoms with E-state index in [-0.39, 0.29) is 0 Å². The molecule has 5 rings (SSSR count). The quantitative estimate of drug-likeness (QED) is 0.571. The van der Waals surface area contributed by atoms with Crippen LogP contribution < -0.4 is 0 Å². The molecule has 0 N–H and O–H groups in total. The van der Waals surface area contributed by atoms with Gasteiger partial charge in [0, 0.05) is 29.4 Å². The maximum Gasteiger partial charge on any atom is 0.185 e. The highest BCUT2D eigenvalue weighted by molar-refractivity contribution is 6.01. The largest absolute Gasteiger partial charge is 0.379 e. The summed E-state index contributed by atoms with van der Waals surface area (Å²) in [4.78, 5) is 2.33. The lowest BCUT2D eigenvalue weighted by Gasteiger charge is -2.25. The van der Waals surface area contributed by atoms with E-state index in [0.29, 0.717) is 0 Å². The van der Waals surface area contributed by atoms with Crippen molar-refractivity contribution in [3.8, 4) is 11.3 Å². The van der Waals surface area contributed by atoms with Crippen molar-refractivity contribution in [3.63, 3.8) is 0 Å². The van der Waals surface area contributed by atoms with Gasteiger partial charge in [0.05, 0.1) is 25.5 Å². The highest BCUT2D eigenvalue weighted by Gasteiger charge is 2.18. The molecule has 0 bridgehead atoms. The van der Waals surface area contributed by atoms with Gasteiger partial charge in [0.25, 0.3) is 0 Å². The Hall–Kier alpha value is -2.83. The van der Waals surface area contributed by atoms with Crippen LogP contribution in [0.25, 0.3) is 27.7 Å². The van der Waals surface area contributed by atoms with E-state index in [2.05, 4.69) is 39.4 Å². The summed E-state index contributed by atoms with van der Waals surface area (Å²) in [6.45, 7) is 4.08. The molecule has 130 valence electrons. The molecule has 0 amide bonds. The Morgan fingerprint density at radius 1 is 0.846 bits per heavy atom. The second-order valence-electron chi connectivity index (χ2n) is 6.50. The van der Waals surface area contributed by atoms with Gasteiger partial charge in [0.2, 0.25) is 0 Å². The maximum atomic E-state index is 5.44. The first kappa shape index (κ1) is 15.4. The van der Waals surface area contributed by atoms with Crippen LogP contribution in [0.3, 0.4) is 0 Å². The summed E-state index contributed by atoms with van der Waals surface area (Å²) >= 11 is 0. The summed E-state index contributed by atoms with van der Waals surface area (Å²) in [7, 11) is 0. The van der Waals surface area contributed by atoms with E-state index >= 15 is 0 Å². The van der Waals surface area contributed by atoms with Crippen LogP contribution in [0.4, 0.5) is 0 Å². The molecule has 1 fully saturated rings. The van der Waals surface area contributed by atoms with Gasteiger partial charge in [-0.1, -0.05) is 54.6 Å². The van der Waals surface area contributed by atoms with E-state index in [0.717, 1.165) is 66.3 Å². The van der Waals surface area contributed by atoms with Crippen LogP contribution >= 0.6 is 0 Å². The highest BCUT2D eigenvalue weighted by atomic mass is 16.5. The van der Waals surface area contributed by atoms with E-state index in [1.165, 1.54) is 0 Å². The van der Waals surface area contributed by atoms with Crippen molar-refractivity contribution in [2.45, 2.75) is 6.54 Å². The number of nitrogens with zero attached hydrogens (tertiary/aromatic N) is 5. The molecule has 0 saturated carbocycles. The number of ether oxygens (including phenoxy) is 1. The van der Waals surface area contributed by atoms with Crippen LogP contribution in [-0.2, 0) is 11.3 Å². The Balaban J connectivity index is 1.69. The molecule has 6 nitrogen and oxygen atoms in total. The fourth-order valence-corrected chi connectivity index (χ4v) is 3.49. The normalized spacial score (nSPS) is 15.7. The lowest BCUT2D eigenvalue weighted by Crippen LogP contribution is -2.36. The number of hydrogen-bond acceptors (Lipinski definition) is 5. The van der Waals surface area contributed by atoms with Crippen molar-refractivity contribution in [1.29, 1.82) is 0 Å². The predicted octanol–water partition coefficient (Wildman–Crippen LogP) is 2.78. The third-order valence-corrected chi connectivity index (χ3v) is 4.84. The molecule has 3 heterocycles. The number of rotatable bonds is 3. The van der Waals surface area contributed by atoms with Gasteiger partial charge < -0.3 is 4.74 Å². The van der Waals surface area contributed by atoms with Crippen LogP contribution in [0.15, 0.2) is 54.6 Å². The molecule has 0 unspecified atom stereocenters. The third kappa shape index (κ3) is 2.64. The van der Waals surface area contributed by atoms with Crippen molar-refractivity contribution < 1.29 is 4.74 Å². The molecule has 2 aromatic carbocycles. The van der Waals surface area contributed by atoms with Gasteiger partial charge in [-0.15, -0.1) is 10.2 Å². The summed E-state index contributed by atoms with van der Waals surface area (Å²) in [5, 5.41) is 16.0. The van der Waals surface area contributed by atoms with Crippen LogP contribution in [0.5, 0.6) is 0 Å². The maximum absolute atomic E-state index is 5.44. The molecule has 26 heavy (non-hydrogen) atoms. The van der Waals surface area contributed by atoms with Crippen LogP contribution in [-0.4, -0.2) is 51.0 Å². The lowest BCUT2D eigenvalue weighted by molar-refractivity contribution is 0.0328. The average Bonchev–Trinajstić information content (AvgIpc) is 3.12. The monoisotopic (exact) mass is 345 g/mol. The van der Waals surface area contributed by atoms with Gasteiger partial charge in [0.15, 0.2) is 11.5 Å². The fourth-order valence-electron chi connectivity index (χ4n) is 3.49. The Morgan fingerprint density at radius 3 is 2.38 bits per heavy atom. The Kier molecular flexibility index (Phi) is 3.84. The standard InChI is InChI=1S/C20H19N5O/c1-2-6-15(7-3-1)19-16-8-4-5-9-17(16)20-22-21-18(25(20)23-19)14-24-10-12-26-13-11-24/h1-9H,10-14H2. The van der Waals surface area contributed by atoms with Gasteiger partial charge in [-0.25, -0.2) is 0 Å². The van der Waals surface area contributed by atoms with Crippen LogP contribution in [0, 0.1) is 0 Å². The topological polar surface area (TPSA) is 55.5 Å². The van der Waals surface area contributed by atoms with E-state index in [9.17, 15) is 0 Å². The molecule has 6 heteroatoms. The smallest absolute Gasteiger partial charge is 0.185 e. The molecule has 2 aromatic heterocycles. The number of fused-ring (bicyclic) bond motifs is 3. The van der Waals surface area contributed by atoms with Crippen molar-refractivity contribution in [1.82, 2.24) is 24.7 Å². The summed E-state index contributed by atoms with van der Waals surface area (Å²) in [5.41, 5.74) is 2.86. The van der Waals surface area contributed by atoms with Gasteiger partial charge in [-0.05, 0) is 0 Å². The first-order chi connectivity index (χ1) is 12.9. The zero-order valence-electron chi connectivity index (χ0n) is 14.4. The van der Waals surface area contributed by atoms with Crippen molar-refractivity contribution >= 4 is 16.4 Å². The number of aromatic nitrogens is 4. The first-order valence-electron chi connectivity index (χ1n) is 8.89. The first-order valence-corrected chi connectivity index (χ1v) is 8.89. The molecule has 0 spiro atoms. The van der Waals surface area contributed by atoms with Crippen molar-refractivity contribution in [2.75, 3.05) is 26.3 Å². The zero-order valence-corrected chi connectivity index (χ0v) is 14.4. The summed E-state index contributed by atoms with van der Waals surface area (Å²) in [6.07, 6.45) is 0. The molecule has 0 radical (unpaired) electrons. The minimum Gasteiger partial charge on any atom is -0.379 e. The minimum atomic E-state index is 0.726. The van der Waals surface area contributed by atoms with Gasteiger partial charge in [-0.2, -0.15) is 9.61 Å².